The molecule has 3 saturated heterocycles. The Hall–Kier alpha value is -3.31. The third-order valence-electron chi connectivity index (χ3n) is 8.11. The van der Waals surface area contributed by atoms with E-state index in [1.807, 2.05) is 24.1 Å². The summed E-state index contributed by atoms with van der Waals surface area (Å²) in [7, 11) is 2.93. The Morgan fingerprint density at radius 3 is 2.74 bits per heavy atom. The zero-order valence-electron chi connectivity index (χ0n) is 22.0. The van der Waals surface area contributed by atoms with Crippen LogP contribution in [-0.2, 0) is 14.3 Å². The fraction of sp³-hybridized carbons (Fsp3) is 0.556. The van der Waals surface area contributed by atoms with Gasteiger partial charge in [-0.05, 0) is 49.6 Å². The number of nitrogens with zero attached hydrogens (tertiary/aromatic N) is 6. The van der Waals surface area contributed by atoms with Crippen LogP contribution in [0, 0.1) is 6.92 Å². The zero-order chi connectivity index (χ0) is 26.4. The van der Waals surface area contributed by atoms with E-state index in [2.05, 4.69) is 32.1 Å². The van der Waals surface area contributed by atoms with Gasteiger partial charge in [-0.2, -0.15) is 15.1 Å². The number of anilines is 1. The summed E-state index contributed by atoms with van der Waals surface area (Å²) >= 11 is 0. The molecule has 11 heteroatoms. The van der Waals surface area contributed by atoms with Crippen LogP contribution in [0.25, 0.3) is 16.7 Å². The first kappa shape index (κ1) is 25.0. The molecule has 10 nitrogen and oxygen atoms in total. The maximum atomic E-state index is 15.5. The van der Waals surface area contributed by atoms with Gasteiger partial charge in [0.15, 0.2) is 5.82 Å². The molecule has 38 heavy (non-hydrogen) atoms. The summed E-state index contributed by atoms with van der Waals surface area (Å²) in [5.41, 5.74) is 2.89. The average Bonchev–Trinajstić information content (AvgIpc) is 3.67. The summed E-state index contributed by atoms with van der Waals surface area (Å²) in [6.45, 7) is 5.06. The van der Waals surface area contributed by atoms with Gasteiger partial charge in [-0.25, -0.2) is 9.07 Å². The molecule has 1 aromatic carbocycles. The van der Waals surface area contributed by atoms with Crippen molar-refractivity contribution < 1.29 is 23.4 Å². The Bertz CT molecular complexity index is 1350. The number of carbonyl (C=O) groups excluding carboxylic acids is 1. The summed E-state index contributed by atoms with van der Waals surface area (Å²) in [6.07, 6.45) is 2.96. The van der Waals surface area contributed by atoms with Crippen LogP contribution < -0.4 is 9.64 Å². The molecule has 2 unspecified atom stereocenters. The summed E-state index contributed by atoms with van der Waals surface area (Å²) in [5.74, 6) is 0.900. The number of aromatic nitrogens is 4. The first-order valence-electron chi connectivity index (χ1n) is 13.2. The van der Waals surface area contributed by atoms with Crippen molar-refractivity contribution in [2.24, 2.45) is 0 Å². The number of ether oxygens (including phenoxy) is 3. The Balaban J connectivity index is 1.29. The molecule has 0 saturated carbocycles. The van der Waals surface area contributed by atoms with Crippen molar-refractivity contribution in [1.82, 2.24) is 24.6 Å². The van der Waals surface area contributed by atoms with E-state index in [1.165, 1.54) is 7.11 Å². The van der Waals surface area contributed by atoms with Gasteiger partial charge in [-0.15, -0.1) is 0 Å². The van der Waals surface area contributed by atoms with Crippen molar-refractivity contribution in [3.05, 3.63) is 35.5 Å². The van der Waals surface area contributed by atoms with Crippen molar-refractivity contribution in [2.45, 2.75) is 50.4 Å². The van der Waals surface area contributed by atoms with Crippen LogP contribution in [0.1, 0.15) is 36.3 Å². The van der Waals surface area contributed by atoms with Crippen molar-refractivity contribution in [3.63, 3.8) is 0 Å². The molecule has 0 spiro atoms. The quantitative estimate of drug-likeness (QED) is 0.433. The fourth-order valence-electron chi connectivity index (χ4n) is 6.09. The number of benzene rings is 1. The normalized spacial score (nSPS) is 25.3. The predicted molar refractivity (Wildman–Crippen MR) is 139 cm³/mol. The standard InChI is InChI=1S/C27H33FN6O4/c1-16-8-17-12-29-34(25-11-24(30-27(31-25)37-3)33-13-19-9-18(33)15-38-19)23(17)10-21(16)20-4-6-32(14-22(20)28)7-5-26(35)36-2/h8,10-12,18-20,22H,4-7,9,13-15H2,1-3H3/t18-,19-,20?,22?/m1/s1. The molecule has 0 radical (unpaired) electrons. The monoisotopic (exact) mass is 524 g/mol. The molecule has 5 heterocycles. The molecule has 6 rings (SSSR count). The van der Waals surface area contributed by atoms with Gasteiger partial charge < -0.3 is 19.1 Å². The van der Waals surface area contributed by atoms with E-state index in [0.717, 1.165) is 47.4 Å². The molecule has 3 aromatic rings. The highest BCUT2D eigenvalue weighted by Crippen LogP contribution is 2.36. The number of alkyl halides is 1. The number of esters is 1. The summed E-state index contributed by atoms with van der Waals surface area (Å²) in [6, 6.07) is 6.64. The van der Waals surface area contributed by atoms with Crippen molar-refractivity contribution in [1.29, 1.82) is 0 Å². The first-order valence-corrected chi connectivity index (χ1v) is 13.2. The van der Waals surface area contributed by atoms with Gasteiger partial charge in [0.05, 0.1) is 51.1 Å². The van der Waals surface area contributed by atoms with E-state index >= 15 is 4.39 Å². The number of hydrogen-bond donors (Lipinski definition) is 0. The Morgan fingerprint density at radius 1 is 1.18 bits per heavy atom. The Labute approximate surface area is 220 Å². The molecule has 0 N–H and O–H groups in total. The van der Waals surface area contributed by atoms with E-state index in [1.54, 1.807) is 11.8 Å². The second-order valence-corrected chi connectivity index (χ2v) is 10.4. The van der Waals surface area contributed by atoms with E-state index < -0.39 is 6.17 Å². The average molecular weight is 525 g/mol. The minimum atomic E-state index is -1.03. The second kappa shape index (κ2) is 10.1. The number of carbonyl (C=O) groups is 1. The van der Waals surface area contributed by atoms with E-state index in [-0.39, 0.29) is 30.4 Å². The highest BCUT2D eigenvalue weighted by molar-refractivity contribution is 5.82. The van der Waals surface area contributed by atoms with Crippen LogP contribution in [0.15, 0.2) is 24.4 Å². The number of halogens is 1. The Kier molecular flexibility index (Phi) is 6.65. The lowest BCUT2D eigenvalue weighted by Gasteiger charge is -2.35. The number of likely N-dealkylation sites (tertiary alicyclic amines) is 1. The van der Waals surface area contributed by atoms with Crippen molar-refractivity contribution in [2.75, 3.05) is 51.9 Å². The maximum Gasteiger partial charge on any atom is 0.320 e. The van der Waals surface area contributed by atoms with Gasteiger partial charge in [0.25, 0.3) is 0 Å². The van der Waals surface area contributed by atoms with Crippen molar-refractivity contribution >= 4 is 22.7 Å². The molecule has 2 aromatic heterocycles. The van der Waals surface area contributed by atoms with Crippen LogP contribution in [0.5, 0.6) is 6.01 Å². The molecule has 3 aliphatic rings. The number of fused-ring (bicyclic) bond motifs is 3. The van der Waals surface area contributed by atoms with Crippen LogP contribution in [0.4, 0.5) is 10.2 Å². The smallest absolute Gasteiger partial charge is 0.320 e. The molecular formula is C27H33FN6O4. The van der Waals surface area contributed by atoms with Gasteiger partial charge in [-0.1, -0.05) is 0 Å². The summed E-state index contributed by atoms with van der Waals surface area (Å²) < 4.78 is 33.2. The van der Waals surface area contributed by atoms with Crippen molar-refractivity contribution in [3.8, 4) is 11.8 Å². The van der Waals surface area contributed by atoms with Crippen LogP contribution >= 0.6 is 0 Å². The lowest BCUT2D eigenvalue weighted by atomic mass is 9.85. The zero-order valence-corrected chi connectivity index (χ0v) is 22.0. The van der Waals surface area contributed by atoms with Crippen LogP contribution in [-0.4, -0.2) is 95.9 Å². The highest BCUT2D eigenvalue weighted by atomic mass is 19.1. The van der Waals surface area contributed by atoms with Crippen LogP contribution in [0.3, 0.4) is 0 Å². The fourth-order valence-corrected chi connectivity index (χ4v) is 6.09. The second-order valence-electron chi connectivity index (χ2n) is 10.4. The lowest BCUT2D eigenvalue weighted by molar-refractivity contribution is -0.141. The van der Waals surface area contributed by atoms with E-state index in [9.17, 15) is 4.79 Å². The molecule has 2 bridgehead atoms. The van der Waals surface area contributed by atoms with Gasteiger partial charge >= 0.3 is 12.0 Å². The Morgan fingerprint density at radius 2 is 2.03 bits per heavy atom. The molecule has 3 aliphatic heterocycles. The van der Waals surface area contributed by atoms with Gasteiger partial charge in [-0.3, -0.25) is 9.69 Å². The number of hydrogen-bond acceptors (Lipinski definition) is 9. The summed E-state index contributed by atoms with van der Waals surface area (Å²) in [4.78, 5) is 25.0. The van der Waals surface area contributed by atoms with E-state index in [4.69, 9.17) is 14.2 Å². The third kappa shape index (κ3) is 4.58. The third-order valence-corrected chi connectivity index (χ3v) is 8.11. The van der Waals surface area contributed by atoms with Crippen LogP contribution in [0.2, 0.25) is 0 Å². The number of piperidine rings is 1. The number of methoxy groups -OCH3 is 2. The minimum Gasteiger partial charge on any atom is -0.469 e. The van der Waals surface area contributed by atoms with Gasteiger partial charge in [0, 0.05) is 37.0 Å². The maximum absolute atomic E-state index is 15.5. The lowest BCUT2D eigenvalue weighted by Crippen LogP contribution is -2.41. The largest absolute Gasteiger partial charge is 0.469 e. The van der Waals surface area contributed by atoms with Gasteiger partial charge in [0.1, 0.15) is 12.0 Å². The minimum absolute atomic E-state index is 0.229. The molecule has 0 aliphatic carbocycles. The molecule has 3 fully saturated rings. The SMILES string of the molecule is COC(=O)CCN1CCC(c2cc3c(cnn3-c3cc(N4C[C@H]5C[C@@H]4CO5)nc(OC)n3)cc2C)C(F)C1. The van der Waals surface area contributed by atoms with E-state index in [0.29, 0.717) is 38.0 Å². The topological polar surface area (TPSA) is 94.8 Å². The first-order chi connectivity index (χ1) is 18.4. The number of aryl methyl sites for hydroxylation is 1. The number of morpholine rings is 1. The molecule has 202 valence electrons. The van der Waals surface area contributed by atoms with Gasteiger partial charge in [0.2, 0.25) is 0 Å². The molecule has 0 amide bonds. The number of rotatable bonds is 7. The molecule has 4 atom stereocenters. The molecular weight excluding hydrogens is 491 g/mol. The highest BCUT2D eigenvalue weighted by Gasteiger charge is 2.40. The summed E-state index contributed by atoms with van der Waals surface area (Å²) in [5, 5.41) is 5.61. The predicted octanol–water partition coefficient (Wildman–Crippen LogP) is 2.80.